The topological polar surface area (TPSA) is 55.5 Å². The molecule has 2 saturated carbocycles. The maximum Gasteiger partial charge on any atom is 0.453 e. The van der Waals surface area contributed by atoms with Crippen LogP contribution in [0.5, 0.6) is 0 Å². The summed E-state index contributed by atoms with van der Waals surface area (Å²) in [6, 6.07) is 3.47. The molecule has 1 spiro atoms. The van der Waals surface area contributed by atoms with Crippen LogP contribution in [0.4, 0.5) is 19.0 Å². The fourth-order valence-corrected chi connectivity index (χ4v) is 4.87. The first-order chi connectivity index (χ1) is 12.9. The summed E-state index contributed by atoms with van der Waals surface area (Å²) >= 11 is 0. The first kappa shape index (κ1) is 18.5. The van der Waals surface area contributed by atoms with Gasteiger partial charge in [0, 0.05) is 25.1 Å². The number of ether oxygens (including phenoxy) is 1. The Labute approximate surface area is 155 Å². The summed E-state index contributed by atoms with van der Waals surface area (Å²) in [6.07, 6.45) is 2.26. The van der Waals surface area contributed by atoms with Gasteiger partial charge >= 0.3 is 6.18 Å². The highest BCUT2D eigenvalue weighted by Crippen LogP contribution is 2.55. The normalized spacial score (nSPS) is 24.9. The zero-order valence-electron chi connectivity index (χ0n) is 15.5. The molecular formula is C18H24F3N5O. The molecule has 2 aromatic rings. The van der Waals surface area contributed by atoms with Gasteiger partial charge in [-0.15, -0.1) is 15.3 Å². The molecule has 2 unspecified atom stereocenters. The molecule has 0 saturated heterocycles. The quantitative estimate of drug-likeness (QED) is 0.806. The SMILES string of the molecule is CCOC1CC(N(C)c2ccc3nnc(C(F)(F)F)n3n2)C12CCCCC2. The second-order valence-corrected chi connectivity index (χ2v) is 7.58. The second-order valence-electron chi connectivity index (χ2n) is 7.58. The number of halogens is 3. The molecule has 2 atom stereocenters. The van der Waals surface area contributed by atoms with Gasteiger partial charge < -0.3 is 9.64 Å². The Bertz CT molecular complexity index is 815. The van der Waals surface area contributed by atoms with Crippen LogP contribution in [0.15, 0.2) is 12.1 Å². The number of hydrogen-bond donors (Lipinski definition) is 0. The first-order valence-electron chi connectivity index (χ1n) is 9.51. The van der Waals surface area contributed by atoms with Crippen molar-refractivity contribution in [2.24, 2.45) is 5.41 Å². The Morgan fingerprint density at radius 1 is 1.22 bits per heavy atom. The van der Waals surface area contributed by atoms with E-state index in [1.807, 2.05) is 18.9 Å². The summed E-state index contributed by atoms with van der Waals surface area (Å²) in [4.78, 5) is 2.01. The summed E-state index contributed by atoms with van der Waals surface area (Å²) in [6.45, 7) is 2.69. The van der Waals surface area contributed by atoms with Crippen molar-refractivity contribution in [2.45, 2.75) is 63.8 Å². The van der Waals surface area contributed by atoms with E-state index in [1.54, 1.807) is 6.07 Å². The van der Waals surface area contributed by atoms with E-state index >= 15 is 0 Å². The molecule has 6 nitrogen and oxygen atoms in total. The van der Waals surface area contributed by atoms with Crippen molar-refractivity contribution in [1.82, 2.24) is 19.8 Å². The Balaban J connectivity index is 1.65. The van der Waals surface area contributed by atoms with Gasteiger partial charge in [0.25, 0.3) is 5.82 Å². The number of aromatic nitrogens is 4. The molecule has 4 rings (SSSR count). The van der Waals surface area contributed by atoms with Crippen molar-refractivity contribution in [3.8, 4) is 0 Å². The van der Waals surface area contributed by atoms with Gasteiger partial charge in [-0.05, 0) is 38.3 Å². The van der Waals surface area contributed by atoms with Gasteiger partial charge in [-0.2, -0.15) is 17.7 Å². The van der Waals surface area contributed by atoms with E-state index in [1.165, 1.54) is 25.3 Å². The summed E-state index contributed by atoms with van der Waals surface area (Å²) in [5.74, 6) is -0.598. The minimum absolute atomic E-state index is 0.0691. The Morgan fingerprint density at radius 3 is 2.63 bits per heavy atom. The smallest absolute Gasteiger partial charge is 0.378 e. The molecule has 0 amide bonds. The third-order valence-corrected chi connectivity index (χ3v) is 6.23. The standard InChI is InChI=1S/C18H24F3N5O/c1-3-27-13-11-12(17(13)9-5-4-6-10-17)25(2)15-8-7-14-22-23-16(18(19,20)21)26(14)24-15/h7-8,12-13H,3-6,9-11H2,1-2H3. The number of fused-ring (bicyclic) bond motifs is 1. The largest absolute Gasteiger partial charge is 0.453 e. The third-order valence-electron chi connectivity index (χ3n) is 6.23. The predicted molar refractivity (Wildman–Crippen MR) is 93.5 cm³/mol. The maximum atomic E-state index is 13.1. The zero-order valence-corrected chi connectivity index (χ0v) is 15.5. The molecule has 9 heteroatoms. The van der Waals surface area contributed by atoms with Crippen LogP contribution in [0.1, 0.15) is 51.3 Å². The Kier molecular flexibility index (Phi) is 4.52. The van der Waals surface area contributed by atoms with Crippen LogP contribution in [0.3, 0.4) is 0 Å². The minimum atomic E-state index is -4.59. The molecule has 2 aliphatic rings. The number of alkyl halides is 3. The van der Waals surface area contributed by atoms with E-state index in [9.17, 15) is 13.2 Å². The van der Waals surface area contributed by atoms with E-state index in [4.69, 9.17) is 4.74 Å². The molecule has 2 heterocycles. The Morgan fingerprint density at radius 2 is 1.96 bits per heavy atom. The van der Waals surface area contributed by atoms with Gasteiger partial charge in [0.1, 0.15) is 5.82 Å². The lowest BCUT2D eigenvalue weighted by molar-refractivity contribution is -0.146. The van der Waals surface area contributed by atoms with Crippen molar-refractivity contribution < 1.29 is 17.9 Å². The molecule has 2 fully saturated rings. The van der Waals surface area contributed by atoms with Crippen molar-refractivity contribution in [2.75, 3.05) is 18.6 Å². The molecule has 0 N–H and O–H groups in total. The number of hydrogen-bond acceptors (Lipinski definition) is 5. The van der Waals surface area contributed by atoms with Crippen LogP contribution >= 0.6 is 0 Å². The van der Waals surface area contributed by atoms with E-state index in [-0.39, 0.29) is 23.2 Å². The van der Waals surface area contributed by atoms with Crippen molar-refractivity contribution in [1.29, 1.82) is 0 Å². The second kappa shape index (κ2) is 6.61. The molecule has 0 bridgehead atoms. The molecule has 0 aliphatic heterocycles. The van der Waals surface area contributed by atoms with Crippen LogP contribution in [0.2, 0.25) is 0 Å². The average molecular weight is 383 g/mol. The van der Waals surface area contributed by atoms with Gasteiger partial charge in [-0.1, -0.05) is 19.3 Å². The van der Waals surface area contributed by atoms with Crippen molar-refractivity contribution in [3.05, 3.63) is 18.0 Å². The van der Waals surface area contributed by atoms with E-state index < -0.39 is 12.0 Å². The molecule has 2 aliphatic carbocycles. The summed E-state index contributed by atoms with van der Waals surface area (Å²) < 4.78 is 46.2. The lowest BCUT2D eigenvalue weighted by Gasteiger charge is -2.60. The number of rotatable bonds is 4. The van der Waals surface area contributed by atoms with Gasteiger partial charge in [0.05, 0.1) is 6.10 Å². The summed E-state index contributed by atoms with van der Waals surface area (Å²) in [7, 11) is 1.91. The van der Waals surface area contributed by atoms with Crippen molar-refractivity contribution in [3.63, 3.8) is 0 Å². The highest BCUT2D eigenvalue weighted by molar-refractivity contribution is 5.47. The molecule has 27 heavy (non-hydrogen) atoms. The predicted octanol–water partition coefficient (Wildman–Crippen LogP) is 3.71. The van der Waals surface area contributed by atoms with Crippen LogP contribution in [0.25, 0.3) is 5.65 Å². The van der Waals surface area contributed by atoms with Crippen LogP contribution in [0, 0.1) is 5.41 Å². The van der Waals surface area contributed by atoms with Crippen LogP contribution in [-0.2, 0) is 10.9 Å². The average Bonchev–Trinajstić information content (AvgIpc) is 3.08. The highest BCUT2D eigenvalue weighted by atomic mass is 19.4. The van der Waals surface area contributed by atoms with E-state index in [2.05, 4.69) is 15.3 Å². The zero-order chi connectivity index (χ0) is 19.2. The molecule has 2 aromatic heterocycles. The Hall–Kier alpha value is -1.90. The number of nitrogens with zero attached hydrogens (tertiary/aromatic N) is 5. The van der Waals surface area contributed by atoms with E-state index in [0.29, 0.717) is 12.4 Å². The maximum absolute atomic E-state index is 13.1. The lowest BCUT2D eigenvalue weighted by Crippen LogP contribution is -2.65. The summed E-state index contributed by atoms with van der Waals surface area (Å²) in [5.41, 5.74) is 0.160. The minimum Gasteiger partial charge on any atom is -0.378 e. The fraction of sp³-hybridized carbons (Fsp3) is 0.722. The van der Waals surface area contributed by atoms with Gasteiger partial charge in [-0.3, -0.25) is 0 Å². The van der Waals surface area contributed by atoms with Crippen LogP contribution in [-0.4, -0.2) is 45.6 Å². The van der Waals surface area contributed by atoms with E-state index in [0.717, 1.165) is 23.8 Å². The molecular weight excluding hydrogens is 359 g/mol. The van der Waals surface area contributed by atoms with Crippen molar-refractivity contribution >= 4 is 11.5 Å². The lowest BCUT2D eigenvalue weighted by atomic mass is 9.54. The summed E-state index contributed by atoms with van der Waals surface area (Å²) in [5, 5.41) is 11.0. The highest BCUT2D eigenvalue weighted by Gasteiger charge is 2.57. The molecule has 148 valence electrons. The molecule has 0 aromatic carbocycles. The third kappa shape index (κ3) is 2.96. The van der Waals surface area contributed by atoms with Gasteiger partial charge in [-0.25, -0.2) is 0 Å². The first-order valence-corrected chi connectivity index (χ1v) is 9.51. The van der Waals surface area contributed by atoms with Gasteiger partial charge in [0.2, 0.25) is 0 Å². The van der Waals surface area contributed by atoms with Crippen LogP contribution < -0.4 is 4.90 Å². The number of anilines is 1. The fourth-order valence-electron chi connectivity index (χ4n) is 4.87. The molecule has 0 radical (unpaired) electrons. The monoisotopic (exact) mass is 383 g/mol. The van der Waals surface area contributed by atoms with Gasteiger partial charge in [0.15, 0.2) is 5.65 Å².